The number of carbonyl (C=O) groups excluding carboxylic acids is 1. The largest absolute Gasteiger partial charge is 0.418 e. The fourth-order valence-corrected chi connectivity index (χ4v) is 4.08. The number of aromatic nitrogens is 1. The van der Waals surface area contributed by atoms with E-state index in [-0.39, 0.29) is 22.9 Å². The van der Waals surface area contributed by atoms with E-state index in [1.807, 2.05) is 20.8 Å². The first kappa shape index (κ1) is 21.4. The molecule has 3 rings (SSSR count). The zero-order valence-electron chi connectivity index (χ0n) is 17.3. The van der Waals surface area contributed by atoms with Gasteiger partial charge in [-0.1, -0.05) is 27.7 Å². The van der Waals surface area contributed by atoms with Crippen molar-refractivity contribution in [2.75, 3.05) is 18.0 Å². The molecule has 2 aromatic rings. The number of fused-ring (bicyclic) bond motifs is 1. The SMILES string of the molecule is C[C@H]1C[C@@H](NC(=O)CC(C)(C)C)CN(c2ccc(C(F)(F)F)c3ncccc23)C1. The van der Waals surface area contributed by atoms with Gasteiger partial charge < -0.3 is 10.2 Å². The number of amides is 1. The number of piperidine rings is 1. The van der Waals surface area contributed by atoms with E-state index in [4.69, 9.17) is 0 Å². The molecule has 0 spiro atoms. The van der Waals surface area contributed by atoms with Gasteiger partial charge in [-0.2, -0.15) is 13.2 Å². The number of alkyl halides is 3. The Kier molecular flexibility index (Phi) is 5.79. The topological polar surface area (TPSA) is 45.2 Å². The second kappa shape index (κ2) is 7.84. The molecule has 1 aliphatic heterocycles. The van der Waals surface area contributed by atoms with Crippen LogP contribution < -0.4 is 10.2 Å². The second-order valence-electron chi connectivity index (χ2n) is 9.28. The monoisotopic (exact) mass is 407 g/mol. The summed E-state index contributed by atoms with van der Waals surface area (Å²) < 4.78 is 40.2. The molecular formula is C22H28F3N3O. The molecule has 1 amide bonds. The highest BCUT2D eigenvalue weighted by Gasteiger charge is 2.35. The molecule has 158 valence electrons. The van der Waals surface area contributed by atoms with E-state index in [0.29, 0.717) is 24.3 Å². The van der Waals surface area contributed by atoms with Crippen LogP contribution in [0.2, 0.25) is 0 Å². The quantitative estimate of drug-likeness (QED) is 0.777. The highest BCUT2D eigenvalue weighted by molar-refractivity contribution is 5.94. The van der Waals surface area contributed by atoms with Gasteiger partial charge in [-0.15, -0.1) is 0 Å². The fraction of sp³-hybridized carbons (Fsp3) is 0.545. The van der Waals surface area contributed by atoms with Crippen LogP contribution in [0.5, 0.6) is 0 Å². The number of halogens is 3. The fourth-order valence-electron chi connectivity index (χ4n) is 4.08. The Morgan fingerprint density at radius 3 is 2.59 bits per heavy atom. The molecule has 1 aromatic heterocycles. The molecular weight excluding hydrogens is 379 g/mol. The molecule has 0 bridgehead atoms. The Hall–Kier alpha value is -2.31. The predicted octanol–water partition coefficient (Wildman–Crippen LogP) is 5.02. The summed E-state index contributed by atoms with van der Waals surface area (Å²) in [7, 11) is 0. The van der Waals surface area contributed by atoms with Gasteiger partial charge in [-0.25, -0.2) is 0 Å². The van der Waals surface area contributed by atoms with Crippen molar-refractivity contribution in [1.29, 1.82) is 0 Å². The first-order chi connectivity index (χ1) is 13.4. The van der Waals surface area contributed by atoms with Crippen molar-refractivity contribution < 1.29 is 18.0 Å². The third-order valence-corrected chi connectivity index (χ3v) is 5.11. The van der Waals surface area contributed by atoms with Crippen molar-refractivity contribution in [2.24, 2.45) is 11.3 Å². The number of pyridine rings is 1. The van der Waals surface area contributed by atoms with Crippen molar-refractivity contribution >= 4 is 22.5 Å². The maximum Gasteiger partial charge on any atom is 0.418 e. The number of anilines is 1. The second-order valence-corrected chi connectivity index (χ2v) is 9.28. The Morgan fingerprint density at radius 2 is 1.93 bits per heavy atom. The highest BCUT2D eigenvalue weighted by Crippen LogP contribution is 2.38. The lowest BCUT2D eigenvalue weighted by Gasteiger charge is -2.39. The van der Waals surface area contributed by atoms with E-state index < -0.39 is 11.7 Å². The molecule has 1 N–H and O–H groups in total. The molecule has 0 saturated carbocycles. The van der Waals surface area contributed by atoms with Gasteiger partial charge in [0.2, 0.25) is 5.91 Å². The molecule has 0 unspecified atom stereocenters. The maximum atomic E-state index is 13.4. The van der Waals surface area contributed by atoms with Crippen LogP contribution >= 0.6 is 0 Å². The van der Waals surface area contributed by atoms with E-state index in [1.165, 1.54) is 12.3 Å². The Balaban J connectivity index is 1.88. The number of rotatable bonds is 3. The van der Waals surface area contributed by atoms with Gasteiger partial charge in [0, 0.05) is 42.8 Å². The molecule has 0 radical (unpaired) electrons. The Morgan fingerprint density at radius 1 is 1.21 bits per heavy atom. The van der Waals surface area contributed by atoms with Gasteiger partial charge in [0.05, 0.1) is 11.1 Å². The van der Waals surface area contributed by atoms with Gasteiger partial charge in [0.25, 0.3) is 0 Å². The average molecular weight is 407 g/mol. The van der Waals surface area contributed by atoms with Gasteiger partial charge in [0.1, 0.15) is 0 Å². The van der Waals surface area contributed by atoms with Crippen LogP contribution in [-0.2, 0) is 11.0 Å². The van der Waals surface area contributed by atoms with E-state index in [2.05, 4.69) is 22.1 Å². The number of carbonyl (C=O) groups is 1. The highest BCUT2D eigenvalue weighted by atomic mass is 19.4. The summed E-state index contributed by atoms with van der Waals surface area (Å²) in [6.07, 6.45) is -1.78. The lowest BCUT2D eigenvalue weighted by molar-refractivity contribution is -0.136. The van der Waals surface area contributed by atoms with E-state index >= 15 is 0 Å². The van der Waals surface area contributed by atoms with Gasteiger partial charge >= 0.3 is 6.18 Å². The van der Waals surface area contributed by atoms with Crippen LogP contribution in [0.4, 0.5) is 18.9 Å². The minimum absolute atomic E-state index is 0.00972. The first-order valence-electron chi connectivity index (χ1n) is 9.93. The van der Waals surface area contributed by atoms with Crippen LogP contribution in [0.25, 0.3) is 10.9 Å². The summed E-state index contributed by atoms with van der Waals surface area (Å²) in [5, 5.41) is 3.60. The summed E-state index contributed by atoms with van der Waals surface area (Å²) in [4.78, 5) is 18.5. The normalized spacial score (nSPS) is 20.7. The van der Waals surface area contributed by atoms with Crippen LogP contribution in [0.1, 0.15) is 46.1 Å². The zero-order chi connectivity index (χ0) is 21.4. The molecule has 29 heavy (non-hydrogen) atoms. The maximum absolute atomic E-state index is 13.4. The van der Waals surface area contributed by atoms with Crippen LogP contribution in [0.15, 0.2) is 30.5 Å². The van der Waals surface area contributed by atoms with Crippen LogP contribution in [-0.4, -0.2) is 30.0 Å². The molecule has 1 saturated heterocycles. The lowest BCUT2D eigenvalue weighted by Crippen LogP contribution is -2.51. The lowest BCUT2D eigenvalue weighted by atomic mass is 9.90. The van der Waals surface area contributed by atoms with Crippen molar-refractivity contribution in [1.82, 2.24) is 10.3 Å². The molecule has 0 aliphatic carbocycles. The molecule has 1 aromatic carbocycles. The number of hydrogen-bond acceptors (Lipinski definition) is 3. The minimum atomic E-state index is -4.45. The smallest absolute Gasteiger partial charge is 0.369 e. The summed E-state index contributed by atoms with van der Waals surface area (Å²) in [5.41, 5.74) is -0.136. The first-order valence-corrected chi connectivity index (χ1v) is 9.93. The standard InChI is InChI=1S/C22H28F3N3O/c1-14-10-15(27-19(29)11-21(2,3)4)13-28(12-14)18-8-7-17(22(23,24)25)20-16(18)6-5-9-26-20/h5-9,14-15H,10-13H2,1-4H3,(H,27,29)/t14-,15+/m0/s1. The van der Waals surface area contributed by atoms with Crippen LogP contribution in [0, 0.1) is 11.3 Å². The molecule has 1 aliphatic rings. The number of nitrogens with one attached hydrogen (secondary N) is 1. The Labute approximate surface area is 169 Å². The number of benzene rings is 1. The zero-order valence-corrected chi connectivity index (χ0v) is 17.3. The molecule has 7 heteroatoms. The summed E-state index contributed by atoms with van der Waals surface area (Å²) >= 11 is 0. The van der Waals surface area contributed by atoms with Crippen molar-refractivity contribution in [2.45, 2.75) is 52.8 Å². The van der Waals surface area contributed by atoms with E-state index in [0.717, 1.165) is 24.7 Å². The van der Waals surface area contributed by atoms with Crippen molar-refractivity contribution in [3.05, 3.63) is 36.0 Å². The average Bonchev–Trinajstić information content (AvgIpc) is 2.57. The third-order valence-electron chi connectivity index (χ3n) is 5.11. The van der Waals surface area contributed by atoms with E-state index in [9.17, 15) is 18.0 Å². The van der Waals surface area contributed by atoms with Crippen molar-refractivity contribution in [3.8, 4) is 0 Å². The van der Waals surface area contributed by atoms with E-state index in [1.54, 1.807) is 12.1 Å². The Bertz CT molecular complexity index is 889. The van der Waals surface area contributed by atoms with Crippen molar-refractivity contribution in [3.63, 3.8) is 0 Å². The summed E-state index contributed by atoms with van der Waals surface area (Å²) in [5.74, 6) is 0.313. The van der Waals surface area contributed by atoms with Gasteiger partial charge in [0.15, 0.2) is 0 Å². The molecule has 1 fully saturated rings. The predicted molar refractivity (Wildman–Crippen MR) is 109 cm³/mol. The number of nitrogens with zero attached hydrogens (tertiary/aromatic N) is 2. The van der Waals surface area contributed by atoms with Gasteiger partial charge in [-0.3, -0.25) is 9.78 Å². The van der Waals surface area contributed by atoms with Gasteiger partial charge in [-0.05, 0) is 42.0 Å². The third kappa shape index (κ3) is 5.19. The summed E-state index contributed by atoms with van der Waals surface area (Å²) in [6, 6.07) is 5.93. The number of hydrogen-bond donors (Lipinski definition) is 1. The molecule has 2 heterocycles. The van der Waals surface area contributed by atoms with Crippen LogP contribution in [0.3, 0.4) is 0 Å². The summed E-state index contributed by atoms with van der Waals surface area (Å²) in [6.45, 7) is 9.44. The molecule has 4 nitrogen and oxygen atoms in total. The minimum Gasteiger partial charge on any atom is -0.369 e. The molecule has 2 atom stereocenters.